The van der Waals surface area contributed by atoms with E-state index in [0.717, 1.165) is 42.0 Å². The van der Waals surface area contributed by atoms with Gasteiger partial charge in [0, 0.05) is 6.04 Å². The van der Waals surface area contributed by atoms with Crippen molar-refractivity contribution < 1.29 is 23.1 Å². The molecule has 166 valence electrons. The van der Waals surface area contributed by atoms with Crippen LogP contribution in [0.25, 0.3) is 0 Å². The van der Waals surface area contributed by atoms with Gasteiger partial charge in [0.05, 0.1) is 23.9 Å². The lowest BCUT2D eigenvalue weighted by Crippen LogP contribution is -2.41. The molecule has 5 nitrogen and oxygen atoms in total. The van der Waals surface area contributed by atoms with Gasteiger partial charge >= 0.3 is 6.18 Å². The number of carbonyl (C=O) groups is 1. The maximum Gasteiger partial charge on any atom is 0.433 e. The second-order valence-corrected chi connectivity index (χ2v) is 10.1. The Bertz CT molecular complexity index is 800. The first-order valence-corrected chi connectivity index (χ1v) is 11.4. The molecular formula is C22H30F3N3O2. The van der Waals surface area contributed by atoms with Crippen LogP contribution in [-0.2, 0) is 6.18 Å². The van der Waals surface area contributed by atoms with Crippen molar-refractivity contribution in [2.75, 3.05) is 0 Å². The molecule has 1 aromatic rings. The molecule has 0 radical (unpaired) electrons. The standard InChI is InChI=1S/C22H30F3N3O2/c23-22(24,25)20-18(11-26-28(20)15-2-4-16(29)5-3-15)21(30)27-19-6-1-12-7-13-9-14(8-12)17(19)10-13/h11-17,19,29H,1-10H2,(H,27,30)/t12?,13?,14?,15-,16-,17?,19-/m0/s1. The van der Waals surface area contributed by atoms with E-state index in [4.69, 9.17) is 0 Å². The zero-order valence-corrected chi connectivity index (χ0v) is 17.1. The highest BCUT2D eigenvalue weighted by atomic mass is 19.4. The van der Waals surface area contributed by atoms with Crippen LogP contribution in [0.5, 0.6) is 0 Å². The summed E-state index contributed by atoms with van der Waals surface area (Å²) < 4.78 is 42.9. The van der Waals surface area contributed by atoms with E-state index in [1.165, 1.54) is 19.3 Å². The number of nitrogens with one attached hydrogen (secondary N) is 1. The van der Waals surface area contributed by atoms with Gasteiger partial charge in [0.2, 0.25) is 0 Å². The normalized spacial score (nSPS) is 38.5. The van der Waals surface area contributed by atoms with Crippen molar-refractivity contribution in [3.05, 3.63) is 17.5 Å². The maximum absolute atomic E-state index is 14.0. The van der Waals surface area contributed by atoms with Gasteiger partial charge in [0.1, 0.15) is 0 Å². The molecule has 5 rings (SSSR count). The zero-order chi connectivity index (χ0) is 21.0. The third-order valence-electron chi connectivity index (χ3n) is 8.19. The van der Waals surface area contributed by atoms with Crippen LogP contribution in [0.15, 0.2) is 6.20 Å². The molecule has 4 fully saturated rings. The summed E-state index contributed by atoms with van der Waals surface area (Å²) in [5.74, 6) is 1.82. The van der Waals surface area contributed by atoms with Crippen LogP contribution < -0.4 is 5.32 Å². The number of carbonyl (C=O) groups excluding carboxylic acids is 1. The van der Waals surface area contributed by atoms with Gasteiger partial charge in [-0.1, -0.05) is 0 Å². The Hall–Kier alpha value is -1.57. The molecule has 0 spiro atoms. The van der Waals surface area contributed by atoms with Crippen molar-refractivity contribution in [3.8, 4) is 0 Å². The number of hydrogen-bond donors (Lipinski definition) is 2. The van der Waals surface area contributed by atoms with E-state index >= 15 is 0 Å². The van der Waals surface area contributed by atoms with Gasteiger partial charge in [-0.15, -0.1) is 0 Å². The molecule has 5 atom stereocenters. The fourth-order valence-electron chi connectivity index (χ4n) is 6.91. The number of fused-ring (bicyclic) bond motifs is 2. The number of aromatic nitrogens is 2. The first-order valence-electron chi connectivity index (χ1n) is 11.4. The summed E-state index contributed by atoms with van der Waals surface area (Å²) in [6, 6.07) is -0.470. The zero-order valence-electron chi connectivity index (χ0n) is 17.1. The van der Waals surface area contributed by atoms with Gasteiger partial charge in [0.15, 0.2) is 5.69 Å². The van der Waals surface area contributed by atoms with Crippen LogP contribution in [-0.4, -0.2) is 32.9 Å². The van der Waals surface area contributed by atoms with E-state index in [9.17, 15) is 23.1 Å². The highest BCUT2D eigenvalue weighted by molar-refractivity contribution is 5.95. The number of nitrogens with zero attached hydrogens (tertiary/aromatic N) is 2. The second-order valence-electron chi connectivity index (χ2n) is 10.1. The van der Waals surface area contributed by atoms with E-state index in [2.05, 4.69) is 10.4 Å². The Balaban J connectivity index is 1.38. The van der Waals surface area contributed by atoms with Crippen LogP contribution >= 0.6 is 0 Å². The summed E-state index contributed by atoms with van der Waals surface area (Å²) in [5.41, 5.74) is -1.31. The van der Waals surface area contributed by atoms with Crippen molar-refractivity contribution in [1.29, 1.82) is 0 Å². The third kappa shape index (κ3) is 3.65. The molecule has 1 amide bonds. The summed E-state index contributed by atoms with van der Waals surface area (Å²) in [6.45, 7) is 0. The average molecular weight is 425 g/mol. The SMILES string of the molecule is O=C(N[C@H]1CCC2CC3CC(C2)C1C3)c1cnn([C@H]2CC[C@H](O)CC2)c1C(F)(F)F. The number of hydrogen-bond acceptors (Lipinski definition) is 3. The molecule has 1 aromatic heterocycles. The minimum Gasteiger partial charge on any atom is -0.393 e. The van der Waals surface area contributed by atoms with Gasteiger partial charge in [-0.2, -0.15) is 18.3 Å². The summed E-state index contributed by atoms with van der Waals surface area (Å²) >= 11 is 0. The average Bonchev–Trinajstić information content (AvgIpc) is 3.23. The Morgan fingerprint density at radius 3 is 2.50 bits per heavy atom. The Morgan fingerprint density at radius 1 is 1.03 bits per heavy atom. The van der Waals surface area contributed by atoms with Crippen LogP contribution in [0.2, 0.25) is 0 Å². The molecule has 4 aliphatic rings. The van der Waals surface area contributed by atoms with Gasteiger partial charge in [-0.3, -0.25) is 9.48 Å². The lowest BCUT2D eigenvalue weighted by molar-refractivity contribution is -0.145. The second kappa shape index (κ2) is 7.53. The number of amides is 1. The molecule has 4 unspecified atom stereocenters. The lowest BCUT2D eigenvalue weighted by Gasteiger charge is -2.28. The topological polar surface area (TPSA) is 67.2 Å². The fraction of sp³-hybridized carbons (Fsp3) is 0.818. The van der Waals surface area contributed by atoms with E-state index < -0.39 is 29.9 Å². The van der Waals surface area contributed by atoms with Crippen molar-refractivity contribution in [3.63, 3.8) is 0 Å². The van der Waals surface area contributed by atoms with Crippen molar-refractivity contribution in [2.45, 2.75) is 88.6 Å². The highest BCUT2D eigenvalue weighted by Gasteiger charge is 2.47. The number of aliphatic hydroxyl groups excluding tert-OH is 1. The number of rotatable bonds is 3. The third-order valence-corrected chi connectivity index (χ3v) is 8.19. The maximum atomic E-state index is 14.0. The van der Waals surface area contributed by atoms with Crippen LogP contribution in [0.1, 0.15) is 86.3 Å². The van der Waals surface area contributed by atoms with E-state index in [0.29, 0.717) is 37.5 Å². The number of alkyl halides is 3. The van der Waals surface area contributed by atoms with Crippen LogP contribution in [0.3, 0.4) is 0 Å². The number of halogens is 3. The largest absolute Gasteiger partial charge is 0.433 e. The van der Waals surface area contributed by atoms with Gasteiger partial charge in [-0.25, -0.2) is 0 Å². The van der Waals surface area contributed by atoms with Crippen molar-refractivity contribution in [1.82, 2.24) is 15.1 Å². The molecule has 3 bridgehead atoms. The molecule has 4 aliphatic carbocycles. The van der Waals surface area contributed by atoms with Gasteiger partial charge in [0.25, 0.3) is 5.91 Å². The van der Waals surface area contributed by atoms with Gasteiger partial charge in [-0.05, 0) is 87.9 Å². The van der Waals surface area contributed by atoms with Crippen molar-refractivity contribution in [2.24, 2.45) is 23.7 Å². The summed E-state index contributed by atoms with van der Waals surface area (Å²) in [5, 5.41) is 16.7. The summed E-state index contributed by atoms with van der Waals surface area (Å²) in [4.78, 5) is 13.0. The molecule has 30 heavy (non-hydrogen) atoms. The minimum atomic E-state index is -4.65. The van der Waals surface area contributed by atoms with Crippen molar-refractivity contribution >= 4 is 5.91 Å². The fourth-order valence-corrected chi connectivity index (χ4v) is 6.91. The molecule has 8 heteroatoms. The minimum absolute atomic E-state index is 0.0351. The quantitative estimate of drug-likeness (QED) is 0.758. The van der Waals surface area contributed by atoms with Gasteiger partial charge < -0.3 is 10.4 Å². The molecule has 0 aliphatic heterocycles. The molecular weight excluding hydrogens is 395 g/mol. The first kappa shape index (κ1) is 20.3. The van der Waals surface area contributed by atoms with E-state index in [1.54, 1.807) is 0 Å². The molecule has 4 saturated carbocycles. The van der Waals surface area contributed by atoms with Crippen LogP contribution in [0, 0.1) is 23.7 Å². The molecule has 0 saturated heterocycles. The smallest absolute Gasteiger partial charge is 0.393 e. The van der Waals surface area contributed by atoms with E-state index in [-0.39, 0.29) is 11.6 Å². The molecule has 1 heterocycles. The molecule has 2 N–H and O–H groups in total. The first-order chi connectivity index (χ1) is 14.3. The molecule has 0 aromatic carbocycles. The number of aliphatic hydroxyl groups is 1. The predicted octanol–water partition coefficient (Wildman–Crippen LogP) is 4.32. The summed E-state index contributed by atoms with van der Waals surface area (Å²) in [7, 11) is 0. The summed E-state index contributed by atoms with van der Waals surface area (Å²) in [6.07, 6.45) is 4.48. The monoisotopic (exact) mass is 425 g/mol. The Morgan fingerprint density at radius 2 is 1.77 bits per heavy atom. The van der Waals surface area contributed by atoms with Crippen LogP contribution in [0.4, 0.5) is 13.2 Å². The Kier molecular flexibility index (Phi) is 5.11. The Labute approximate surface area is 174 Å². The van der Waals surface area contributed by atoms with E-state index in [1.807, 2.05) is 0 Å². The highest BCUT2D eigenvalue weighted by Crippen LogP contribution is 2.53. The lowest BCUT2D eigenvalue weighted by atomic mass is 9.80. The predicted molar refractivity (Wildman–Crippen MR) is 104 cm³/mol.